The number of carbonyl (C=O) groups is 1. The SMILES string of the molecule is COCC(=O)NCc1cc(=O)oc2cc(C)cc(C)c12. The van der Waals surface area contributed by atoms with Gasteiger partial charge < -0.3 is 14.5 Å². The van der Waals surface area contributed by atoms with E-state index < -0.39 is 5.63 Å². The highest BCUT2D eigenvalue weighted by molar-refractivity contribution is 5.85. The zero-order chi connectivity index (χ0) is 14.7. The summed E-state index contributed by atoms with van der Waals surface area (Å²) in [5.74, 6) is -0.223. The Kier molecular flexibility index (Phi) is 4.20. The van der Waals surface area contributed by atoms with Gasteiger partial charge in [-0.15, -0.1) is 0 Å². The van der Waals surface area contributed by atoms with Crippen molar-refractivity contribution in [3.05, 3.63) is 45.3 Å². The third kappa shape index (κ3) is 3.05. The van der Waals surface area contributed by atoms with Crippen LogP contribution in [0.1, 0.15) is 16.7 Å². The zero-order valence-corrected chi connectivity index (χ0v) is 11.8. The minimum Gasteiger partial charge on any atom is -0.423 e. The summed E-state index contributed by atoms with van der Waals surface area (Å²) in [4.78, 5) is 23.0. The van der Waals surface area contributed by atoms with E-state index in [1.165, 1.54) is 13.2 Å². The van der Waals surface area contributed by atoms with Crippen LogP contribution in [0.2, 0.25) is 0 Å². The second-order valence-corrected chi connectivity index (χ2v) is 4.76. The van der Waals surface area contributed by atoms with Crippen LogP contribution in [-0.2, 0) is 16.1 Å². The van der Waals surface area contributed by atoms with Crippen LogP contribution in [0.4, 0.5) is 0 Å². The summed E-state index contributed by atoms with van der Waals surface area (Å²) >= 11 is 0. The third-order valence-electron chi connectivity index (χ3n) is 3.02. The fourth-order valence-electron chi connectivity index (χ4n) is 2.29. The number of fused-ring (bicyclic) bond motifs is 1. The Morgan fingerprint density at radius 1 is 1.30 bits per heavy atom. The molecule has 0 spiro atoms. The minimum atomic E-state index is -0.418. The van der Waals surface area contributed by atoms with E-state index >= 15 is 0 Å². The molecule has 1 N–H and O–H groups in total. The normalized spacial score (nSPS) is 10.8. The molecule has 5 heteroatoms. The lowest BCUT2D eigenvalue weighted by molar-refractivity contribution is -0.124. The lowest BCUT2D eigenvalue weighted by Crippen LogP contribution is -2.27. The highest BCUT2D eigenvalue weighted by atomic mass is 16.5. The number of methoxy groups -OCH3 is 1. The second kappa shape index (κ2) is 5.88. The Balaban J connectivity index is 2.42. The highest BCUT2D eigenvalue weighted by Crippen LogP contribution is 2.22. The Bertz CT molecular complexity index is 703. The van der Waals surface area contributed by atoms with E-state index in [4.69, 9.17) is 9.15 Å². The van der Waals surface area contributed by atoms with Gasteiger partial charge in [-0.1, -0.05) is 6.07 Å². The summed E-state index contributed by atoms with van der Waals surface area (Å²) in [6.45, 7) is 4.17. The molecular formula is C15H17NO4. The molecule has 0 aliphatic heterocycles. The molecule has 0 radical (unpaired) electrons. The number of aryl methyl sites for hydroxylation is 2. The fourth-order valence-corrected chi connectivity index (χ4v) is 2.29. The minimum absolute atomic E-state index is 0.00252. The lowest BCUT2D eigenvalue weighted by atomic mass is 10.0. The fraction of sp³-hybridized carbons (Fsp3) is 0.333. The Morgan fingerprint density at radius 3 is 2.75 bits per heavy atom. The van der Waals surface area contributed by atoms with E-state index in [-0.39, 0.29) is 19.1 Å². The van der Waals surface area contributed by atoms with Crippen LogP contribution in [0.25, 0.3) is 11.0 Å². The van der Waals surface area contributed by atoms with Crippen LogP contribution < -0.4 is 10.9 Å². The van der Waals surface area contributed by atoms with Crippen LogP contribution in [0, 0.1) is 13.8 Å². The van der Waals surface area contributed by atoms with Crippen molar-refractivity contribution in [2.75, 3.05) is 13.7 Å². The predicted octanol–water partition coefficient (Wildman–Crippen LogP) is 1.67. The molecule has 1 aromatic carbocycles. The third-order valence-corrected chi connectivity index (χ3v) is 3.02. The summed E-state index contributed by atoms with van der Waals surface area (Å²) in [6, 6.07) is 5.25. The van der Waals surface area contributed by atoms with Crippen LogP contribution in [-0.4, -0.2) is 19.6 Å². The van der Waals surface area contributed by atoms with Gasteiger partial charge >= 0.3 is 5.63 Å². The van der Waals surface area contributed by atoms with Crippen molar-refractivity contribution in [1.29, 1.82) is 0 Å². The summed E-state index contributed by atoms with van der Waals surface area (Å²) in [5, 5.41) is 3.59. The van der Waals surface area contributed by atoms with Crippen molar-refractivity contribution in [1.82, 2.24) is 5.32 Å². The number of carbonyl (C=O) groups excluding carboxylic acids is 1. The molecule has 0 saturated carbocycles. The van der Waals surface area contributed by atoms with Crippen molar-refractivity contribution < 1.29 is 13.9 Å². The molecule has 5 nitrogen and oxygen atoms in total. The molecule has 0 fully saturated rings. The molecule has 2 aromatic rings. The van der Waals surface area contributed by atoms with E-state index in [2.05, 4.69) is 5.32 Å². The Labute approximate surface area is 116 Å². The number of benzene rings is 1. The van der Waals surface area contributed by atoms with Gasteiger partial charge in [0.05, 0.1) is 0 Å². The predicted molar refractivity (Wildman–Crippen MR) is 75.7 cm³/mol. The Hall–Kier alpha value is -2.14. The largest absolute Gasteiger partial charge is 0.423 e. The van der Waals surface area contributed by atoms with Crippen molar-refractivity contribution in [3.8, 4) is 0 Å². The topological polar surface area (TPSA) is 68.5 Å². The monoisotopic (exact) mass is 275 g/mol. The summed E-state index contributed by atoms with van der Waals surface area (Å²) in [7, 11) is 1.46. The lowest BCUT2D eigenvalue weighted by Gasteiger charge is -2.10. The van der Waals surface area contributed by atoms with E-state index in [0.717, 1.165) is 22.1 Å². The smallest absolute Gasteiger partial charge is 0.336 e. The van der Waals surface area contributed by atoms with Crippen molar-refractivity contribution >= 4 is 16.9 Å². The van der Waals surface area contributed by atoms with Gasteiger partial charge in [-0.2, -0.15) is 0 Å². The first-order chi connectivity index (χ1) is 9.51. The number of hydrogen-bond acceptors (Lipinski definition) is 4. The second-order valence-electron chi connectivity index (χ2n) is 4.76. The zero-order valence-electron chi connectivity index (χ0n) is 11.8. The van der Waals surface area contributed by atoms with E-state index in [9.17, 15) is 9.59 Å². The number of nitrogens with one attached hydrogen (secondary N) is 1. The van der Waals surface area contributed by atoms with Gasteiger partial charge in [-0.05, 0) is 36.6 Å². The summed E-state index contributed by atoms with van der Waals surface area (Å²) in [5.41, 5.74) is 2.92. The van der Waals surface area contributed by atoms with Crippen molar-refractivity contribution in [2.24, 2.45) is 0 Å². The average Bonchev–Trinajstić information content (AvgIpc) is 2.35. The van der Waals surface area contributed by atoms with Gasteiger partial charge in [0.25, 0.3) is 0 Å². The van der Waals surface area contributed by atoms with Gasteiger partial charge in [0.1, 0.15) is 12.2 Å². The quantitative estimate of drug-likeness (QED) is 0.862. The number of ether oxygens (including phenoxy) is 1. The molecule has 0 aliphatic rings. The summed E-state index contributed by atoms with van der Waals surface area (Å²) < 4.78 is 9.98. The molecule has 2 rings (SSSR count). The van der Waals surface area contributed by atoms with Gasteiger partial charge in [-0.25, -0.2) is 4.79 Å². The van der Waals surface area contributed by atoms with Crippen LogP contribution in [0.5, 0.6) is 0 Å². The molecule has 1 amide bonds. The molecule has 0 atom stereocenters. The molecule has 106 valence electrons. The van der Waals surface area contributed by atoms with E-state index in [1.807, 2.05) is 26.0 Å². The van der Waals surface area contributed by atoms with E-state index in [1.54, 1.807) is 0 Å². The Morgan fingerprint density at radius 2 is 2.05 bits per heavy atom. The van der Waals surface area contributed by atoms with Gasteiger partial charge in [0.15, 0.2) is 0 Å². The highest BCUT2D eigenvalue weighted by Gasteiger charge is 2.10. The molecule has 0 saturated heterocycles. The molecule has 0 unspecified atom stereocenters. The number of hydrogen-bond donors (Lipinski definition) is 1. The molecule has 1 heterocycles. The standard InChI is InChI=1S/C15H17NO4/c1-9-4-10(2)15-11(7-16-13(17)8-19-3)6-14(18)20-12(15)5-9/h4-6H,7-8H2,1-3H3,(H,16,17). The van der Waals surface area contributed by atoms with E-state index in [0.29, 0.717) is 5.58 Å². The van der Waals surface area contributed by atoms with Gasteiger partial charge in [-0.3, -0.25) is 4.79 Å². The first-order valence-electron chi connectivity index (χ1n) is 6.31. The van der Waals surface area contributed by atoms with Crippen LogP contribution in [0.15, 0.2) is 27.4 Å². The van der Waals surface area contributed by atoms with Crippen molar-refractivity contribution in [3.63, 3.8) is 0 Å². The first kappa shape index (κ1) is 14.3. The van der Waals surface area contributed by atoms with Crippen LogP contribution >= 0.6 is 0 Å². The number of rotatable bonds is 4. The molecule has 1 aromatic heterocycles. The average molecular weight is 275 g/mol. The maximum Gasteiger partial charge on any atom is 0.336 e. The van der Waals surface area contributed by atoms with Gasteiger partial charge in [0, 0.05) is 25.1 Å². The first-order valence-corrected chi connectivity index (χ1v) is 6.31. The van der Waals surface area contributed by atoms with Crippen molar-refractivity contribution in [2.45, 2.75) is 20.4 Å². The number of amides is 1. The molecule has 0 aliphatic carbocycles. The maximum absolute atomic E-state index is 11.6. The maximum atomic E-state index is 11.6. The molecular weight excluding hydrogens is 258 g/mol. The summed E-state index contributed by atoms with van der Waals surface area (Å²) in [6.07, 6.45) is 0. The molecule has 20 heavy (non-hydrogen) atoms. The van der Waals surface area contributed by atoms with Gasteiger partial charge in [0.2, 0.25) is 5.91 Å². The molecule has 0 bridgehead atoms. The van der Waals surface area contributed by atoms with Crippen LogP contribution in [0.3, 0.4) is 0 Å².